The maximum absolute atomic E-state index is 11.5. The van der Waals surface area contributed by atoms with Crippen LogP contribution in [0.4, 0.5) is 5.82 Å². The second-order valence-corrected chi connectivity index (χ2v) is 4.51. The zero-order valence-electron chi connectivity index (χ0n) is 11.3. The van der Waals surface area contributed by atoms with Crippen LogP contribution < -0.4 is 4.90 Å². The van der Waals surface area contributed by atoms with Crippen molar-refractivity contribution in [3.05, 3.63) is 30.1 Å². The van der Waals surface area contributed by atoms with Gasteiger partial charge in [0.2, 0.25) is 0 Å². The molecule has 0 bridgehead atoms. The Bertz CT molecular complexity index is 571. The minimum atomic E-state index is -0.939. The normalized spacial score (nSPS) is 10.8. The molecule has 19 heavy (non-hydrogen) atoms. The number of hydrogen-bond acceptors (Lipinski definition) is 3. The topological polar surface area (TPSA) is 57.8 Å². The molecule has 2 heterocycles. The molecule has 1 N–H and O–H groups in total. The highest BCUT2D eigenvalue weighted by molar-refractivity contribution is 5.93. The summed E-state index contributed by atoms with van der Waals surface area (Å²) in [4.78, 5) is 18.1. The number of carboxylic acids is 1. The molecule has 0 radical (unpaired) electrons. The average Bonchev–Trinajstić information content (AvgIpc) is 2.77. The molecule has 0 aliphatic heterocycles. The first-order valence-electron chi connectivity index (χ1n) is 6.64. The van der Waals surface area contributed by atoms with Gasteiger partial charge in [-0.3, -0.25) is 4.40 Å². The molecule has 2 aromatic heterocycles. The van der Waals surface area contributed by atoms with Gasteiger partial charge in [0.25, 0.3) is 0 Å². The van der Waals surface area contributed by atoms with Crippen molar-refractivity contribution in [3.8, 4) is 0 Å². The molecule has 0 saturated heterocycles. The molecule has 0 fully saturated rings. The number of aromatic nitrogens is 2. The third-order valence-electron chi connectivity index (χ3n) is 3.00. The van der Waals surface area contributed by atoms with Crippen LogP contribution in [0.5, 0.6) is 0 Å². The second-order valence-electron chi connectivity index (χ2n) is 4.51. The lowest BCUT2D eigenvalue weighted by Crippen LogP contribution is -2.27. The van der Waals surface area contributed by atoms with Gasteiger partial charge in [0.1, 0.15) is 5.65 Å². The number of nitrogens with zero attached hydrogens (tertiary/aromatic N) is 3. The Morgan fingerprint density at radius 3 is 2.58 bits per heavy atom. The summed E-state index contributed by atoms with van der Waals surface area (Å²) in [6.45, 7) is 5.80. The summed E-state index contributed by atoms with van der Waals surface area (Å²) in [5.74, 6) is -0.367. The summed E-state index contributed by atoms with van der Waals surface area (Å²) < 4.78 is 1.63. The smallest absolute Gasteiger partial charge is 0.356 e. The maximum atomic E-state index is 11.5. The fraction of sp³-hybridized carbons (Fsp3) is 0.429. The fourth-order valence-corrected chi connectivity index (χ4v) is 2.27. The molecule has 0 amide bonds. The number of carboxylic acid groups (broad SMARTS) is 1. The molecule has 0 saturated carbocycles. The Labute approximate surface area is 112 Å². The number of imidazole rings is 1. The summed E-state index contributed by atoms with van der Waals surface area (Å²) in [7, 11) is 0. The van der Waals surface area contributed by atoms with Crippen molar-refractivity contribution >= 4 is 17.4 Å². The Hall–Kier alpha value is -2.04. The molecule has 2 aromatic rings. The molecule has 5 heteroatoms. The van der Waals surface area contributed by atoms with Gasteiger partial charge in [-0.25, -0.2) is 9.78 Å². The second kappa shape index (κ2) is 5.73. The van der Waals surface area contributed by atoms with Crippen molar-refractivity contribution < 1.29 is 9.90 Å². The van der Waals surface area contributed by atoms with E-state index in [9.17, 15) is 9.90 Å². The van der Waals surface area contributed by atoms with Gasteiger partial charge in [-0.2, -0.15) is 0 Å². The highest BCUT2D eigenvalue weighted by Gasteiger charge is 2.22. The minimum Gasteiger partial charge on any atom is -0.476 e. The zero-order chi connectivity index (χ0) is 13.8. The quantitative estimate of drug-likeness (QED) is 0.868. The summed E-state index contributed by atoms with van der Waals surface area (Å²) in [5.41, 5.74) is 0.921. The van der Waals surface area contributed by atoms with Crippen LogP contribution in [-0.4, -0.2) is 33.6 Å². The maximum Gasteiger partial charge on any atom is 0.356 e. The number of anilines is 1. The van der Waals surface area contributed by atoms with E-state index in [0.29, 0.717) is 11.5 Å². The first-order valence-corrected chi connectivity index (χ1v) is 6.64. The highest BCUT2D eigenvalue weighted by atomic mass is 16.4. The van der Waals surface area contributed by atoms with Crippen LogP contribution in [0.1, 0.15) is 37.2 Å². The standard InChI is InChI=1S/C14H19N3O2/c1-3-8-16(9-4-2)13-12(14(18)19)17-10-6-5-7-11(17)15-13/h5-7,10H,3-4,8-9H2,1-2H3,(H,18,19). The molecule has 0 unspecified atom stereocenters. The van der Waals surface area contributed by atoms with Gasteiger partial charge in [-0.05, 0) is 25.0 Å². The van der Waals surface area contributed by atoms with E-state index < -0.39 is 5.97 Å². The van der Waals surface area contributed by atoms with E-state index in [1.54, 1.807) is 10.6 Å². The predicted octanol–water partition coefficient (Wildman–Crippen LogP) is 2.66. The van der Waals surface area contributed by atoms with Crippen molar-refractivity contribution in [3.63, 3.8) is 0 Å². The van der Waals surface area contributed by atoms with E-state index in [2.05, 4.69) is 23.7 Å². The van der Waals surface area contributed by atoms with Gasteiger partial charge >= 0.3 is 5.97 Å². The van der Waals surface area contributed by atoms with Crippen molar-refractivity contribution in [2.75, 3.05) is 18.0 Å². The number of pyridine rings is 1. The average molecular weight is 261 g/mol. The van der Waals surface area contributed by atoms with Crippen LogP contribution in [0.2, 0.25) is 0 Å². The van der Waals surface area contributed by atoms with Crippen LogP contribution in [-0.2, 0) is 0 Å². The fourth-order valence-electron chi connectivity index (χ4n) is 2.27. The largest absolute Gasteiger partial charge is 0.476 e. The number of aromatic carboxylic acids is 1. The van der Waals surface area contributed by atoms with Crippen LogP contribution in [0.3, 0.4) is 0 Å². The van der Waals surface area contributed by atoms with E-state index in [0.717, 1.165) is 25.9 Å². The van der Waals surface area contributed by atoms with Gasteiger partial charge in [0, 0.05) is 19.3 Å². The molecule has 102 valence electrons. The third kappa shape index (κ3) is 2.54. The first kappa shape index (κ1) is 13.4. The molecule has 0 aliphatic carbocycles. The van der Waals surface area contributed by atoms with E-state index in [1.807, 2.05) is 18.2 Å². The lowest BCUT2D eigenvalue weighted by molar-refractivity contribution is 0.0690. The van der Waals surface area contributed by atoms with Crippen molar-refractivity contribution in [2.45, 2.75) is 26.7 Å². The van der Waals surface area contributed by atoms with Crippen molar-refractivity contribution in [2.24, 2.45) is 0 Å². The molecule has 0 aliphatic rings. The van der Waals surface area contributed by atoms with Crippen molar-refractivity contribution in [1.29, 1.82) is 0 Å². The SMILES string of the molecule is CCCN(CCC)c1nc2ccccn2c1C(=O)O. The predicted molar refractivity (Wildman–Crippen MR) is 74.9 cm³/mol. The molecule has 0 atom stereocenters. The van der Waals surface area contributed by atoms with Crippen LogP contribution in [0.15, 0.2) is 24.4 Å². The highest BCUT2D eigenvalue weighted by Crippen LogP contribution is 2.22. The van der Waals surface area contributed by atoms with E-state index >= 15 is 0 Å². The summed E-state index contributed by atoms with van der Waals surface area (Å²) in [6, 6.07) is 5.50. The van der Waals surface area contributed by atoms with Crippen LogP contribution in [0.25, 0.3) is 5.65 Å². The van der Waals surface area contributed by atoms with E-state index in [-0.39, 0.29) is 5.69 Å². The summed E-state index contributed by atoms with van der Waals surface area (Å²) >= 11 is 0. The van der Waals surface area contributed by atoms with Gasteiger partial charge in [0.05, 0.1) is 0 Å². The Morgan fingerprint density at radius 1 is 1.32 bits per heavy atom. The third-order valence-corrected chi connectivity index (χ3v) is 3.00. The minimum absolute atomic E-state index is 0.248. The summed E-state index contributed by atoms with van der Waals surface area (Å²) in [5, 5.41) is 9.45. The Morgan fingerprint density at radius 2 is 2.00 bits per heavy atom. The molecular formula is C14H19N3O2. The Kier molecular flexibility index (Phi) is 4.04. The van der Waals surface area contributed by atoms with E-state index in [1.165, 1.54) is 0 Å². The van der Waals surface area contributed by atoms with Gasteiger partial charge in [0.15, 0.2) is 11.5 Å². The molecular weight excluding hydrogens is 242 g/mol. The molecule has 0 aromatic carbocycles. The van der Waals surface area contributed by atoms with E-state index in [4.69, 9.17) is 0 Å². The van der Waals surface area contributed by atoms with Crippen molar-refractivity contribution in [1.82, 2.24) is 9.38 Å². The molecule has 0 spiro atoms. The van der Waals surface area contributed by atoms with Crippen LogP contribution >= 0.6 is 0 Å². The lowest BCUT2D eigenvalue weighted by Gasteiger charge is -2.21. The number of hydrogen-bond donors (Lipinski definition) is 1. The number of carbonyl (C=O) groups is 1. The summed E-state index contributed by atoms with van der Waals surface area (Å²) in [6.07, 6.45) is 3.67. The molecule has 2 rings (SSSR count). The van der Waals surface area contributed by atoms with Gasteiger partial charge in [-0.15, -0.1) is 0 Å². The number of fused-ring (bicyclic) bond motifs is 1. The van der Waals surface area contributed by atoms with Gasteiger partial charge < -0.3 is 10.0 Å². The zero-order valence-corrected chi connectivity index (χ0v) is 11.3. The molecule has 5 nitrogen and oxygen atoms in total. The number of rotatable bonds is 6. The van der Waals surface area contributed by atoms with Gasteiger partial charge in [-0.1, -0.05) is 19.9 Å². The monoisotopic (exact) mass is 261 g/mol. The first-order chi connectivity index (χ1) is 9.19. The lowest BCUT2D eigenvalue weighted by atomic mass is 10.3. The van der Waals surface area contributed by atoms with Crippen LogP contribution in [0, 0.1) is 0 Å². The Balaban J connectivity index is 2.56.